The molecule has 0 fully saturated rings. The number of methoxy groups -OCH3 is 3. The number of hydrogen-bond donors (Lipinski definition) is 1. The summed E-state index contributed by atoms with van der Waals surface area (Å²) in [5.74, 6) is 1.99. The molecule has 7 nitrogen and oxygen atoms in total. The summed E-state index contributed by atoms with van der Waals surface area (Å²) in [6.07, 6.45) is 3.23. The van der Waals surface area contributed by atoms with Crippen LogP contribution in [0.15, 0.2) is 36.4 Å². The van der Waals surface area contributed by atoms with E-state index in [2.05, 4.69) is 5.32 Å². The molecular weight excluding hydrogens is 398 g/mol. The zero-order valence-corrected chi connectivity index (χ0v) is 17.5. The highest BCUT2D eigenvalue weighted by Crippen LogP contribution is 2.36. The molecule has 1 N–H and O–H groups in total. The number of benzene rings is 2. The van der Waals surface area contributed by atoms with Gasteiger partial charge in [0.05, 0.1) is 32.0 Å². The number of rotatable bonds is 9. The minimum atomic E-state index is -0.663. The van der Waals surface area contributed by atoms with Crippen LogP contribution in [-0.4, -0.2) is 40.6 Å². The first kappa shape index (κ1) is 22.2. The van der Waals surface area contributed by atoms with Gasteiger partial charge in [0.25, 0.3) is 0 Å². The van der Waals surface area contributed by atoms with Crippen LogP contribution in [0.1, 0.15) is 12.5 Å². The Labute approximate surface area is 175 Å². The summed E-state index contributed by atoms with van der Waals surface area (Å²) in [7, 11) is 4.53. The predicted molar refractivity (Wildman–Crippen MR) is 113 cm³/mol. The van der Waals surface area contributed by atoms with Gasteiger partial charge in [0.15, 0.2) is 11.5 Å². The second-order valence-corrected chi connectivity index (χ2v) is 6.11. The molecular formula is C21H24ClNO6. The molecule has 0 aliphatic carbocycles. The summed E-state index contributed by atoms with van der Waals surface area (Å²) in [6.45, 7) is 2.14. The monoisotopic (exact) mass is 421 g/mol. The Morgan fingerprint density at radius 3 is 2.34 bits per heavy atom. The Hall–Kier alpha value is -3.06. The minimum Gasteiger partial charge on any atom is -0.495 e. The van der Waals surface area contributed by atoms with Gasteiger partial charge >= 0.3 is 6.09 Å². The van der Waals surface area contributed by atoms with E-state index in [1.807, 2.05) is 31.2 Å². The SMILES string of the molecule is C/C=C/c1ccc(OCCOC(=O)Nc2cc(Cl)c(OC)cc2OC)c(OC)c1. The van der Waals surface area contributed by atoms with Gasteiger partial charge in [-0.2, -0.15) is 0 Å². The molecule has 0 aromatic heterocycles. The van der Waals surface area contributed by atoms with Crippen LogP contribution in [0.25, 0.3) is 6.08 Å². The van der Waals surface area contributed by atoms with Crippen molar-refractivity contribution in [2.45, 2.75) is 6.92 Å². The maximum atomic E-state index is 12.0. The number of ether oxygens (including phenoxy) is 5. The average Bonchev–Trinajstić information content (AvgIpc) is 2.72. The Morgan fingerprint density at radius 2 is 1.69 bits per heavy atom. The molecule has 0 saturated heterocycles. The van der Waals surface area contributed by atoms with E-state index in [-0.39, 0.29) is 13.2 Å². The van der Waals surface area contributed by atoms with E-state index in [0.717, 1.165) is 5.56 Å². The quantitative estimate of drug-likeness (QED) is 0.572. The van der Waals surface area contributed by atoms with E-state index in [1.54, 1.807) is 19.2 Å². The topological polar surface area (TPSA) is 75.3 Å². The van der Waals surface area contributed by atoms with Crippen molar-refractivity contribution in [3.05, 3.63) is 47.0 Å². The van der Waals surface area contributed by atoms with E-state index in [4.69, 9.17) is 35.3 Å². The first-order chi connectivity index (χ1) is 14.0. The molecule has 0 bridgehead atoms. The number of amides is 1. The number of carbonyl (C=O) groups is 1. The van der Waals surface area contributed by atoms with Crippen molar-refractivity contribution in [2.24, 2.45) is 0 Å². The normalized spacial score (nSPS) is 10.5. The highest BCUT2D eigenvalue weighted by molar-refractivity contribution is 6.32. The molecule has 2 aromatic carbocycles. The van der Waals surface area contributed by atoms with Crippen molar-refractivity contribution < 1.29 is 28.5 Å². The van der Waals surface area contributed by atoms with E-state index < -0.39 is 6.09 Å². The highest BCUT2D eigenvalue weighted by atomic mass is 35.5. The Kier molecular flexibility index (Phi) is 8.48. The molecule has 0 spiro atoms. The predicted octanol–water partition coefficient (Wildman–Crippen LogP) is 5.03. The summed E-state index contributed by atoms with van der Waals surface area (Å²) in [4.78, 5) is 12.0. The lowest BCUT2D eigenvalue weighted by atomic mass is 10.2. The van der Waals surface area contributed by atoms with Crippen molar-refractivity contribution in [1.29, 1.82) is 0 Å². The Balaban J connectivity index is 1.89. The van der Waals surface area contributed by atoms with Gasteiger partial charge in [0.1, 0.15) is 24.7 Å². The van der Waals surface area contributed by atoms with Gasteiger partial charge in [0.2, 0.25) is 0 Å². The van der Waals surface area contributed by atoms with Gasteiger partial charge < -0.3 is 23.7 Å². The molecule has 0 heterocycles. The molecule has 29 heavy (non-hydrogen) atoms. The van der Waals surface area contributed by atoms with Crippen LogP contribution in [0.5, 0.6) is 23.0 Å². The zero-order valence-electron chi connectivity index (χ0n) is 16.8. The second kappa shape index (κ2) is 11.1. The molecule has 156 valence electrons. The number of carbonyl (C=O) groups excluding carboxylic acids is 1. The fourth-order valence-corrected chi connectivity index (χ4v) is 2.73. The van der Waals surface area contributed by atoms with Crippen molar-refractivity contribution in [3.63, 3.8) is 0 Å². The average molecular weight is 422 g/mol. The molecule has 8 heteroatoms. The lowest BCUT2D eigenvalue weighted by molar-refractivity contribution is 0.136. The molecule has 0 unspecified atom stereocenters. The van der Waals surface area contributed by atoms with Crippen molar-refractivity contribution in [1.82, 2.24) is 0 Å². The minimum absolute atomic E-state index is 0.0395. The lowest BCUT2D eigenvalue weighted by Gasteiger charge is -2.14. The number of anilines is 1. The largest absolute Gasteiger partial charge is 0.495 e. The van der Waals surface area contributed by atoms with E-state index in [0.29, 0.717) is 33.7 Å². The standard InChI is InChI=1S/C21H24ClNO6/c1-5-6-14-7-8-17(20(11-14)27-4)28-9-10-29-21(24)23-16-12-15(22)18(25-2)13-19(16)26-3/h5-8,11-13H,9-10H2,1-4H3,(H,23,24)/b6-5+. The van der Waals surface area contributed by atoms with Crippen LogP contribution < -0.4 is 24.3 Å². The van der Waals surface area contributed by atoms with Gasteiger partial charge in [-0.25, -0.2) is 4.79 Å². The molecule has 0 atom stereocenters. The molecule has 0 aliphatic rings. The summed E-state index contributed by atoms with van der Waals surface area (Å²) in [6, 6.07) is 8.67. The van der Waals surface area contributed by atoms with Gasteiger partial charge in [-0.05, 0) is 30.7 Å². The Morgan fingerprint density at radius 1 is 0.966 bits per heavy atom. The highest BCUT2D eigenvalue weighted by Gasteiger charge is 2.13. The smallest absolute Gasteiger partial charge is 0.411 e. The third-order valence-electron chi connectivity index (χ3n) is 3.83. The van der Waals surface area contributed by atoms with E-state index >= 15 is 0 Å². The molecule has 1 amide bonds. The van der Waals surface area contributed by atoms with Crippen LogP contribution in [0.3, 0.4) is 0 Å². The number of hydrogen-bond acceptors (Lipinski definition) is 6. The maximum absolute atomic E-state index is 12.0. The summed E-state index contributed by atoms with van der Waals surface area (Å²) in [5.41, 5.74) is 1.37. The molecule has 0 saturated carbocycles. The first-order valence-electron chi connectivity index (χ1n) is 8.81. The molecule has 2 aromatic rings. The molecule has 0 aliphatic heterocycles. The fraction of sp³-hybridized carbons (Fsp3) is 0.286. The summed E-state index contributed by atoms with van der Waals surface area (Å²) < 4.78 is 26.5. The maximum Gasteiger partial charge on any atom is 0.411 e. The fourth-order valence-electron chi connectivity index (χ4n) is 2.49. The molecule has 0 radical (unpaired) electrons. The van der Waals surface area contributed by atoms with Crippen molar-refractivity contribution >= 4 is 29.5 Å². The first-order valence-corrected chi connectivity index (χ1v) is 9.19. The van der Waals surface area contributed by atoms with Gasteiger partial charge in [-0.15, -0.1) is 0 Å². The van der Waals surface area contributed by atoms with Crippen molar-refractivity contribution in [2.75, 3.05) is 39.9 Å². The van der Waals surface area contributed by atoms with Crippen LogP contribution in [0.2, 0.25) is 5.02 Å². The van der Waals surface area contributed by atoms with Crippen LogP contribution >= 0.6 is 11.6 Å². The summed E-state index contributed by atoms with van der Waals surface area (Å²) in [5, 5.41) is 2.92. The number of nitrogens with one attached hydrogen (secondary N) is 1. The van der Waals surface area contributed by atoms with Crippen LogP contribution in [-0.2, 0) is 4.74 Å². The Bertz CT molecular complexity index is 868. The third-order valence-corrected chi connectivity index (χ3v) is 4.13. The van der Waals surface area contributed by atoms with Crippen LogP contribution in [0, 0.1) is 0 Å². The van der Waals surface area contributed by atoms with Crippen LogP contribution in [0.4, 0.5) is 10.5 Å². The molecule has 2 rings (SSSR count). The van der Waals surface area contributed by atoms with Crippen molar-refractivity contribution in [3.8, 4) is 23.0 Å². The third kappa shape index (κ3) is 6.22. The zero-order chi connectivity index (χ0) is 21.2. The second-order valence-electron chi connectivity index (χ2n) is 5.71. The summed E-state index contributed by atoms with van der Waals surface area (Å²) >= 11 is 6.09. The van der Waals surface area contributed by atoms with Gasteiger partial charge in [-0.1, -0.05) is 29.8 Å². The van der Waals surface area contributed by atoms with E-state index in [9.17, 15) is 4.79 Å². The van der Waals surface area contributed by atoms with Gasteiger partial charge in [0, 0.05) is 6.07 Å². The van der Waals surface area contributed by atoms with Gasteiger partial charge in [-0.3, -0.25) is 5.32 Å². The lowest BCUT2D eigenvalue weighted by Crippen LogP contribution is -2.18. The number of allylic oxidation sites excluding steroid dienone is 1. The van der Waals surface area contributed by atoms with E-state index in [1.165, 1.54) is 20.3 Å². The number of halogens is 1.